The molecule has 0 saturated carbocycles. The summed E-state index contributed by atoms with van der Waals surface area (Å²) in [4.78, 5) is 14.2. The second-order valence-electron chi connectivity index (χ2n) is 6.63. The van der Waals surface area contributed by atoms with Crippen molar-refractivity contribution in [3.63, 3.8) is 0 Å². The van der Waals surface area contributed by atoms with Crippen LogP contribution in [0.25, 0.3) is 0 Å². The molecule has 0 spiro atoms. The molecule has 8 heteroatoms. The van der Waals surface area contributed by atoms with Gasteiger partial charge in [-0.3, -0.25) is 0 Å². The second kappa shape index (κ2) is 12.2. The van der Waals surface area contributed by atoms with Crippen LogP contribution in [0.4, 0.5) is 5.82 Å². The van der Waals surface area contributed by atoms with E-state index in [1.54, 1.807) is 11.3 Å². The molecular weight excluding hydrogens is 483 g/mol. The number of anilines is 1. The maximum absolute atomic E-state index is 4.67. The lowest BCUT2D eigenvalue weighted by atomic mass is 10.2. The Balaban J connectivity index is 0.00000280. The lowest BCUT2D eigenvalue weighted by molar-refractivity contribution is 0.270. The molecule has 0 aliphatic carbocycles. The highest BCUT2D eigenvalue weighted by Gasteiger charge is 2.16. The molecule has 2 N–H and O–H groups in total. The summed E-state index contributed by atoms with van der Waals surface area (Å²) in [6, 6.07) is 6.40. The van der Waals surface area contributed by atoms with Crippen molar-refractivity contribution in [1.82, 2.24) is 20.5 Å². The van der Waals surface area contributed by atoms with E-state index < -0.39 is 0 Å². The smallest absolute Gasteiger partial charge is 0.191 e. The highest BCUT2D eigenvalue weighted by molar-refractivity contribution is 14.0. The largest absolute Gasteiger partial charge is 0.357 e. The molecule has 6 nitrogen and oxygen atoms in total. The predicted octanol–water partition coefficient (Wildman–Crippen LogP) is 3.16. The molecular formula is C20H31IN6S. The van der Waals surface area contributed by atoms with Crippen LogP contribution in [-0.4, -0.2) is 55.1 Å². The lowest BCUT2D eigenvalue weighted by Gasteiger charge is -2.34. The molecule has 1 aliphatic rings. The number of likely N-dealkylation sites (N-methyl/N-ethyl adjacent to an activating group) is 1. The number of rotatable bonds is 7. The number of hydrogen-bond acceptors (Lipinski definition) is 5. The number of aliphatic imine (C=N–C) groups is 1. The van der Waals surface area contributed by atoms with Gasteiger partial charge in [0, 0.05) is 45.5 Å². The van der Waals surface area contributed by atoms with Crippen LogP contribution in [-0.2, 0) is 13.1 Å². The number of halogens is 1. The summed E-state index contributed by atoms with van der Waals surface area (Å²) in [6.45, 7) is 12.0. The van der Waals surface area contributed by atoms with E-state index in [0.29, 0.717) is 13.1 Å². The fourth-order valence-electron chi connectivity index (χ4n) is 3.08. The minimum Gasteiger partial charge on any atom is -0.357 e. The molecule has 2 aromatic heterocycles. The number of thiophene rings is 1. The Hall–Kier alpha value is -1.39. The van der Waals surface area contributed by atoms with E-state index in [1.165, 1.54) is 5.56 Å². The SMILES string of the molecule is CCNC(=NCc1ccsc1)NCc1ccc(N2CCN(CC)CC2)nc1.I. The maximum atomic E-state index is 4.67. The van der Waals surface area contributed by atoms with Crippen molar-refractivity contribution in [3.8, 4) is 0 Å². The van der Waals surface area contributed by atoms with E-state index in [-0.39, 0.29) is 24.0 Å². The Labute approximate surface area is 189 Å². The molecule has 0 bridgehead atoms. The first-order chi connectivity index (χ1) is 13.3. The van der Waals surface area contributed by atoms with Gasteiger partial charge in [-0.1, -0.05) is 13.0 Å². The van der Waals surface area contributed by atoms with Gasteiger partial charge >= 0.3 is 0 Å². The minimum absolute atomic E-state index is 0. The van der Waals surface area contributed by atoms with E-state index in [0.717, 1.165) is 56.6 Å². The number of hydrogen-bond donors (Lipinski definition) is 2. The van der Waals surface area contributed by atoms with Gasteiger partial charge in [0.1, 0.15) is 5.82 Å². The van der Waals surface area contributed by atoms with Gasteiger partial charge in [0.15, 0.2) is 5.96 Å². The van der Waals surface area contributed by atoms with Crippen molar-refractivity contribution >= 4 is 47.1 Å². The molecule has 28 heavy (non-hydrogen) atoms. The van der Waals surface area contributed by atoms with Crippen LogP contribution >= 0.6 is 35.3 Å². The lowest BCUT2D eigenvalue weighted by Crippen LogP contribution is -2.46. The predicted molar refractivity (Wildman–Crippen MR) is 130 cm³/mol. The van der Waals surface area contributed by atoms with Crippen molar-refractivity contribution in [2.24, 2.45) is 4.99 Å². The molecule has 0 unspecified atom stereocenters. The van der Waals surface area contributed by atoms with Crippen LogP contribution in [0.1, 0.15) is 25.0 Å². The van der Waals surface area contributed by atoms with Gasteiger partial charge in [-0.05, 0) is 47.5 Å². The number of nitrogens with zero attached hydrogens (tertiary/aromatic N) is 4. The minimum atomic E-state index is 0. The molecule has 0 radical (unpaired) electrons. The molecule has 1 saturated heterocycles. The van der Waals surface area contributed by atoms with Gasteiger partial charge in [0.05, 0.1) is 6.54 Å². The van der Waals surface area contributed by atoms with Crippen LogP contribution in [0, 0.1) is 0 Å². The van der Waals surface area contributed by atoms with Gasteiger partial charge in [-0.2, -0.15) is 11.3 Å². The van der Waals surface area contributed by atoms with Gasteiger partial charge in [-0.15, -0.1) is 24.0 Å². The summed E-state index contributed by atoms with van der Waals surface area (Å²) in [7, 11) is 0. The van der Waals surface area contributed by atoms with Crippen molar-refractivity contribution < 1.29 is 0 Å². The average Bonchev–Trinajstić information content (AvgIpc) is 3.24. The molecule has 2 aromatic rings. The van der Waals surface area contributed by atoms with Crippen LogP contribution in [0.15, 0.2) is 40.1 Å². The van der Waals surface area contributed by atoms with E-state index in [1.807, 2.05) is 6.20 Å². The molecule has 3 rings (SSSR count). The maximum Gasteiger partial charge on any atom is 0.191 e. The number of piperazine rings is 1. The highest BCUT2D eigenvalue weighted by Crippen LogP contribution is 2.14. The Kier molecular flexibility index (Phi) is 10.0. The summed E-state index contributed by atoms with van der Waals surface area (Å²) in [5.74, 6) is 1.91. The van der Waals surface area contributed by atoms with E-state index >= 15 is 0 Å². The fraction of sp³-hybridized carbons (Fsp3) is 0.500. The molecule has 154 valence electrons. The Morgan fingerprint density at radius 3 is 2.54 bits per heavy atom. The standard InChI is InChI=1S/C20H30N6S.HI/c1-3-21-20(24-15-18-7-12-27-16-18)23-14-17-5-6-19(22-13-17)26-10-8-25(4-2)9-11-26;/h5-7,12-13,16H,3-4,8-11,14-15H2,1-2H3,(H2,21,23,24);1H. The zero-order valence-electron chi connectivity index (χ0n) is 16.7. The molecule has 1 aliphatic heterocycles. The second-order valence-corrected chi connectivity index (χ2v) is 7.41. The van der Waals surface area contributed by atoms with Crippen LogP contribution < -0.4 is 15.5 Å². The summed E-state index contributed by atoms with van der Waals surface area (Å²) in [5, 5.41) is 10.9. The third-order valence-corrected chi connectivity index (χ3v) is 5.49. The molecule has 3 heterocycles. The van der Waals surface area contributed by atoms with Crippen molar-refractivity contribution in [2.45, 2.75) is 26.9 Å². The van der Waals surface area contributed by atoms with E-state index in [9.17, 15) is 0 Å². The van der Waals surface area contributed by atoms with Gasteiger partial charge in [0.2, 0.25) is 0 Å². The fourth-order valence-corrected chi connectivity index (χ4v) is 3.74. The number of guanidine groups is 1. The summed E-state index contributed by atoms with van der Waals surface area (Å²) in [6.07, 6.45) is 1.97. The van der Waals surface area contributed by atoms with Crippen molar-refractivity contribution in [1.29, 1.82) is 0 Å². The Morgan fingerprint density at radius 1 is 1.11 bits per heavy atom. The quantitative estimate of drug-likeness (QED) is 0.338. The Bertz CT molecular complexity index is 696. The van der Waals surface area contributed by atoms with Crippen LogP contribution in [0.2, 0.25) is 0 Å². The third-order valence-electron chi connectivity index (χ3n) is 4.76. The van der Waals surface area contributed by atoms with Crippen LogP contribution in [0.5, 0.6) is 0 Å². The highest BCUT2D eigenvalue weighted by atomic mass is 127. The summed E-state index contributed by atoms with van der Waals surface area (Å²) < 4.78 is 0. The summed E-state index contributed by atoms with van der Waals surface area (Å²) in [5.41, 5.74) is 2.40. The first-order valence-corrected chi connectivity index (χ1v) is 10.7. The number of pyridine rings is 1. The Morgan fingerprint density at radius 2 is 1.93 bits per heavy atom. The van der Waals surface area contributed by atoms with Crippen molar-refractivity contribution in [2.75, 3.05) is 44.2 Å². The molecule has 1 fully saturated rings. The first kappa shape index (κ1) is 22.9. The molecule has 0 amide bonds. The summed E-state index contributed by atoms with van der Waals surface area (Å²) >= 11 is 1.70. The topological polar surface area (TPSA) is 55.8 Å². The monoisotopic (exact) mass is 514 g/mol. The first-order valence-electron chi connectivity index (χ1n) is 9.74. The average molecular weight is 514 g/mol. The third kappa shape index (κ3) is 6.89. The molecule has 0 atom stereocenters. The van der Waals surface area contributed by atoms with E-state index in [2.05, 4.69) is 73.2 Å². The van der Waals surface area contributed by atoms with Gasteiger partial charge in [-0.25, -0.2) is 9.98 Å². The van der Waals surface area contributed by atoms with Crippen LogP contribution in [0.3, 0.4) is 0 Å². The zero-order valence-corrected chi connectivity index (χ0v) is 19.9. The normalized spacial score (nSPS) is 15.2. The number of aromatic nitrogens is 1. The van der Waals surface area contributed by atoms with Gasteiger partial charge < -0.3 is 20.4 Å². The number of nitrogens with one attached hydrogen (secondary N) is 2. The van der Waals surface area contributed by atoms with Crippen molar-refractivity contribution in [3.05, 3.63) is 46.3 Å². The zero-order chi connectivity index (χ0) is 18.9. The van der Waals surface area contributed by atoms with Gasteiger partial charge in [0.25, 0.3) is 0 Å². The molecule has 0 aromatic carbocycles. The van der Waals surface area contributed by atoms with E-state index in [4.69, 9.17) is 0 Å².